The minimum absolute atomic E-state index is 0.0525. The fourth-order valence-corrected chi connectivity index (χ4v) is 3.32. The number of imide groups is 1. The lowest BCUT2D eigenvalue weighted by molar-refractivity contribution is -0.125. The highest BCUT2D eigenvalue weighted by atomic mass is 32.1. The van der Waals surface area contributed by atoms with Crippen LogP contribution in [0.4, 0.5) is 18.7 Å². The Labute approximate surface area is 157 Å². The largest absolute Gasteiger partial charge is 0.326 e. The van der Waals surface area contributed by atoms with Gasteiger partial charge in [0.1, 0.15) is 6.54 Å². The second-order valence-corrected chi connectivity index (χ2v) is 6.86. The Morgan fingerprint density at radius 2 is 2.07 bits per heavy atom. The molecule has 0 radical (unpaired) electrons. The van der Waals surface area contributed by atoms with Crippen molar-refractivity contribution in [2.75, 3.05) is 25.5 Å². The molecule has 1 aromatic heterocycles. The molecule has 3 rings (SSSR count). The van der Waals surface area contributed by atoms with Crippen LogP contribution in [0.1, 0.15) is 12.8 Å². The van der Waals surface area contributed by atoms with Crippen LogP contribution in [-0.4, -0.2) is 52.8 Å². The summed E-state index contributed by atoms with van der Waals surface area (Å²) in [6.45, 7) is 0.226. The fraction of sp³-hybridized carbons (Fsp3) is 0.294. The summed E-state index contributed by atoms with van der Waals surface area (Å²) in [5.41, 5.74) is 0.825. The molecule has 10 heteroatoms. The number of nitrogens with zero attached hydrogens (tertiary/aromatic N) is 3. The molecule has 0 aliphatic carbocycles. The third-order valence-electron chi connectivity index (χ3n) is 3.98. The van der Waals surface area contributed by atoms with Gasteiger partial charge in [-0.1, -0.05) is 0 Å². The van der Waals surface area contributed by atoms with Crippen molar-refractivity contribution in [2.24, 2.45) is 0 Å². The number of anilines is 1. The minimum Gasteiger partial charge on any atom is -0.318 e. The van der Waals surface area contributed by atoms with E-state index < -0.39 is 11.6 Å². The van der Waals surface area contributed by atoms with Crippen molar-refractivity contribution in [1.82, 2.24) is 14.8 Å². The molecule has 0 atom stereocenters. The molecular formula is C17H16F2N4O3S. The van der Waals surface area contributed by atoms with Gasteiger partial charge in [0, 0.05) is 31.0 Å². The molecule has 1 aromatic carbocycles. The van der Waals surface area contributed by atoms with Crippen LogP contribution >= 0.6 is 11.3 Å². The third kappa shape index (κ3) is 4.27. The van der Waals surface area contributed by atoms with Crippen LogP contribution in [0, 0.1) is 11.6 Å². The number of benzene rings is 1. The van der Waals surface area contributed by atoms with E-state index in [1.807, 2.05) is 0 Å². The molecule has 27 heavy (non-hydrogen) atoms. The molecule has 1 fully saturated rings. The molecule has 4 amide bonds. The van der Waals surface area contributed by atoms with E-state index in [1.54, 1.807) is 12.4 Å². The van der Waals surface area contributed by atoms with Gasteiger partial charge < -0.3 is 10.2 Å². The SMILES string of the molecule is CN1CC(=O)N(CCCC(=O)Nc2nc(-c3ccc(F)c(F)c3)cs2)C1=O. The van der Waals surface area contributed by atoms with Gasteiger partial charge in [-0.05, 0) is 24.6 Å². The maximum Gasteiger partial charge on any atom is 0.326 e. The van der Waals surface area contributed by atoms with Crippen LogP contribution < -0.4 is 5.32 Å². The van der Waals surface area contributed by atoms with Crippen LogP contribution in [0.15, 0.2) is 23.6 Å². The summed E-state index contributed by atoms with van der Waals surface area (Å²) in [4.78, 5) is 42.0. The normalized spacial score (nSPS) is 14.2. The van der Waals surface area contributed by atoms with Gasteiger partial charge in [0.25, 0.3) is 0 Å². The van der Waals surface area contributed by atoms with Gasteiger partial charge >= 0.3 is 6.03 Å². The standard InChI is InChI=1S/C17H16F2N4O3S/c1-22-8-15(25)23(17(22)26)6-2-3-14(24)21-16-20-13(9-27-16)10-4-5-11(18)12(19)7-10/h4-5,7,9H,2-3,6,8H2,1H3,(H,20,21,24). The van der Waals surface area contributed by atoms with E-state index in [1.165, 1.54) is 11.0 Å². The molecule has 7 nitrogen and oxygen atoms in total. The van der Waals surface area contributed by atoms with Crippen molar-refractivity contribution in [2.45, 2.75) is 12.8 Å². The maximum atomic E-state index is 13.3. The Morgan fingerprint density at radius 3 is 2.74 bits per heavy atom. The van der Waals surface area contributed by atoms with Crippen molar-refractivity contribution in [3.8, 4) is 11.3 Å². The monoisotopic (exact) mass is 394 g/mol. The Kier molecular flexibility index (Phi) is 5.45. The van der Waals surface area contributed by atoms with Crippen molar-refractivity contribution >= 4 is 34.3 Å². The van der Waals surface area contributed by atoms with E-state index in [0.29, 0.717) is 22.8 Å². The predicted octanol–water partition coefficient (Wildman–Crippen LogP) is 2.70. The van der Waals surface area contributed by atoms with E-state index in [-0.39, 0.29) is 37.4 Å². The fourth-order valence-electron chi connectivity index (χ4n) is 2.59. The van der Waals surface area contributed by atoms with Gasteiger partial charge in [0.2, 0.25) is 11.8 Å². The first-order valence-electron chi connectivity index (χ1n) is 8.11. The number of urea groups is 1. The lowest BCUT2D eigenvalue weighted by atomic mass is 10.2. The van der Waals surface area contributed by atoms with Gasteiger partial charge in [-0.15, -0.1) is 11.3 Å². The molecule has 1 saturated heterocycles. The Bertz CT molecular complexity index is 902. The van der Waals surface area contributed by atoms with Crippen molar-refractivity contribution in [3.63, 3.8) is 0 Å². The summed E-state index contributed by atoms with van der Waals surface area (Å²) in [7, 11) is 1.54. The molecule has 0 spiro atoms. The number of hydrogen-bond acceptors (Lipinski definition) is 5. The Morgan fingerprint density at radius 1 is 1.30 bits per heavy atom. The lowest BCUT2D eigenvalue weighted by Crippen LogP contribution is -2.32. The second kappa shape index (κ2) is 7.78. The zero-order valence-corrected chi connectivity index (χ0v) is 15.2. The van der Waals surface area contributed by atoms with E-state index in [9.17, 15) is 23.2 Å². The van der Waals surface area contributed by atoms with Crippen LogP contribution in [0.2, 0.25) is 0 Å². The number of nitrogens with one attached hydrogen (secondary N) is 1. The first-order valence-corrected chi connectivity index (χ1v) is 8.99. The third-order valence-corrected chi connectivity index (χ3v) is 4.74. The summed E-state index contributed by atoms with van der Waals surface area (Å²) in [6, 6.07) is 3.09. The van der Waals surface area contributed by atoms with Crippen LogP contribution in [0.5, 0.6) is 0 Å². The zero-order chi connectivity index (χ0) is 19.6. The highest BCUT2D eigenvalue weighted by molar-refractivity contribution is 7.14. The van der Waals surface area contributed by atoms with E-state index in [2.05, 4.69) is 10.3 Å². The average molecular weight is 394 g/mol. The Hall–Kier alpha value is -2.88. The van der Waals surface area contributed by atoms with Gasteiger partial charge in [0.05, 0.1) is 5.69 Å². The zero-order valence-electron chi connectivity index (χ0n) is 14.4. The second-order valence-electron chi connectivity index (χ2n) is 6.00. The van der Waals surface area contributed by atoms with E-state index in [4.69, 9.17) is 0 Å². The van der Waals surface area contributed by atoms with E-state index >= 15 is 0 Å². The highest BCUT2D eigenvalue weighted by Gasteiger charge is 2.32. The van der Waals surface area contributed by atoms with Crippen LogP contribution in [0.25, 0.3) is 11.3 Å². The van der Waals surface area contributed by atoms with E-state index in [0.717, 1.165) is 28.4 Å². The van der Waals surface area contributed by atoms with Crippen molar-refractivity contribution < 1.29 is 23.2 Å². The van der Waals surface area contributed by atoms with Gasteiger partial charge in [-0.25, -0.2) is 18.6 Å². The van der Waals surface area contributed by atoms with Gasteiger partial charge in [0.15, 0.2) is 16.8 Å². The smallest absolute Gasteiger partial charge is 0.318 e. The highest BCUT2D eigenvalue weighted by Crippen LogP contribution is 2.26. The lowest BCUT2D eigenvalue weighted by Gasteiger charge is -2.13. The Balaban J connectivity index is 1.51. The number of carbonyl (C=O) groups excluding carboxylic acids is 3. The molecule has 1 N–H and O–H groups in total. The average Bonchev–Trinajstić information content (AvgIpc) is 3.17. The summed E-state index contributed by atoms with van der Waals surface area (Å²) in [6.07, 6.45) is 0.444. The number of hydrogen-bond donors (Lipinski definition) is 1. The van der Waals surface area contributed by atoms with Crippen LogP contribution in [-0.2, 0) is 9.59 Å². The van der Waals surface area contributed by atoms with Crippen molar-refractivity contribution in [1.29, 1.82) is 0 Å². The number of amides is 4. The molecule has 2 heterocycles. The molecule has 0 saturated carbocycles. The number of likely N-dealkylation sites (N-methyl/N-ethyl adjacent to an activating group) is 1. The number of carbonyl (C=O) groups is 3. The summed E-state index contributed by atoms with van der Waals surface area (Å²) < 4.78 is 26.3. The van der Waals surface area contributed by atoms with Crippen molar-refractivity contribution in [3.05, 3.63) is 35.2 Å². The van der Waals surface area contributed by atoms with Gasteiger partial charge in [-0.2, -0.15) is 0 Å². The molecule has 2 aromatic rings. The number of thiazole rings is 1. The van der Waals surface area contributed by atoms with Gasteiger partial charge in [-0.3, -0.25) is 14.5 Å². The molecule has 142 valence electrons. The van der Waals surface area contributed by atoms with Crippen LogP contribution in [0.3, 0.4) is 0 Å². The number of aromatic nitrogens is 1. The quantitative estimate of drug-likeness (QED) is 0.764. The maximum absolute atomic E-state index is 13.3. The number of rotatable bonds is 6. The first-order chi connectivity index (χ1) is 12.8. The minimum atomic E-state index is -0.970. The predicted molar refractivity (Wildman–Crippen MR) is 95.1 cm³/mol. The summed E-state index contributed by atoms with van der Waals surface area (Å²) in [5.74, 6) is -2.50. The topological polar surface area (TPSA) is 82.6 Å². The first kappa shape index (κ1) is 18.9. The molecule has 1 aliphatic heterocycles. The molecular weight excluding hydrogens is 378 g/mol. The summed E-state index contributed by atoms with van der Waals surface area (Å²) in [5, 5.41) is 4.57. The molecule has 0 unspecified atom stereocenters. The summed E-state index contributed by atoms with van der Waals surface area (Å²) >= 11 is 1.16. The molecule has 1 aliphatic rings. The number of halogens is 2. The molecule has 0 bridgehead atoms.